The van der Waals surface area contributed by atoms with Gasteiger partial charge in [-0.1, -0.05) is 5.10 Å². The van der Waals surface area contributed by atoms with E-state index >= 15 is 0 Å². The van der Waals surface area contributed by atoms with Crippen LogP contribution in [0.25, 0.3) is 0 Å². The van der Waals surface area contributed by atoms with Crippen LogP contribution in [0.15, 0.2) is 5.10 Å². The standard InChI is InChI=1S/C3H8N4.ClH/c1-5-7(2)6-3-4;/h4-5H,1-2H3;1H. The number of halogens is 1. The summed E-state index contributed by atoms with van der Waals surface area (Å²) in [4.78, 5) is 0. The van der Waals surface area contributed by atoms with Gasteiger partial charge in [-0.15, -0.1) is 12.4 Å². The normalized spacial score (nSPS) is 6.25. The van der Waals surface area contributed by atoms with Crippen LogP contribution in [-0.4, -0.2) is 25.2 Å². The van der Waals surface area contributed by atoms with E-state index in [0.717, 1.165) is 0 Å². The van der Waals surface area contributed by atoms with E-state index in [1.165, 1.54) is 5.12 Å². The highest BCUT2D eigenvalue weighted by Gasteiger charge is 1.75. The Balaban J connectivity index is 0. The molecule has 0 unspecified atom stereocenters. The Labute approximate surface area is 54.5 Å². The molecule has 0 aliphatic rings. The van der Waals surface area contributed by atoms with Crippen molar-refractivity contribution < 1.29 is 0 Å². The summed E-state index contributed by atoms with van der Waals surface area (Å²) in [6, 6.07) is 1.86. The lowest BCUT2D eigenvalue weighted by Gasteiger charge is -2.04. The smallest absolute Gasteiger partial charge is 0.113 e. The minimum Gasteiger partial charge on any atom is -0.240 e. The fourth-order valence-corrected chi connectivity index (χ4v) is 0.125. The van der Waals surface area contributed by atoms with Crippen molar-refractivity contribution in [2.45, 2.75) is 0 Å². The molecule has 48 valence electrons. The van der Waals surface area contributed by atoms with Gasteiger partial charge >= 0.3 is 0 Å². The van der Waals surface area contributed by atoms with Gasteiger partial charge in [0, 0.05) is 14.1 Å². The van der Waals surface area contributed by atoms with Crippen molar-refractivity contribution in [2.24, 2.45) is 5.10 Å². The first-order valence-corrected chi connectivity index (χ1v) is 1.84. The van der Waals surface area contributed by atoms with Crippen LogP contribution in [-0.2, 0) is 0 Å². The molecule has 8 heavy (non-hydrogen) atoms. The predicted molar refractivity (Wildman–Crippen MR) is 34.2 cm³/mol. The molecule has 0 heterocycles. The van der Waals surface area contributed by atoms with Crippen LogP contribution in [0.3, 0.4) is 0 Å². The first-order chi connectivity index (χ1) is 3.31. The summed E-state index contributed by atoms with van der Waals surface area (Å²) in [5, 5.41) is 11.1. The van der Waals surface area contributed by atoms with Gasteiger partial charge in [0.2, 0.25) is 0 Å². The number of hydrazine groups is 1. The van der Waals surface area contributed by atoms with E-state index in [1.807, 2.05) is 6.01 Å². The maximum Gasteiger partial charge on any atom is 0.113 e. The summed E-state index contributed by atoms with van der Waals surface area (Å²) in [5.74, 6) is 0. The molecule has 0 aromatic rings. The van der Waals surface area contributed by atoms with Gasteiger partial charge in [0.05, 0.1) is 0 Å². The lowest BCUT2D eigenvalue weighted by molar-refractivity contribution is 0.276. The molecular weight excluding hydrogens is 128 g/mol. The molecule has 2 N–H and O–H groups in total. The molecule has 0 aliphatic carbocycles. The van der Waals surface area contributed by atoms with Crippen LogP contribution in [0.2, 0.25) is 0 Å². The first kappa shape index (κ1) is 10.4. The second kappa shape index (κ2) is 6.43. The third-order valence-electron chi connectivity index (χ3n) is 0.524. The number of hydrogen-bond donors (Lipinski definition) is 2. The summed E-state index contributed by atoms with van der Waals surface area (Å²) in [6.45, 7) is 0. The van der Waals surface area contributed by atoms with Crippen LogP contribution in [0.5, 0.6) is 0 Å². The highest BCUT2D eigenvalue weighted by atomic mass is 35.5. The largest absolute Gasteiger partial charge is 0.240 e. The highest BCUT2D eigenvalue weighted by Crippen LogP contribution is 1.65. The molecule has 4 nitrogen and oxygen atoms in total. The Hall–Kier alpha value is -0.570. The maximum atomic E-state index is 6.34. The predicted octanol–water partition coefficient (Wildman–Crippen LogP) is 0.142. The minimum atomic E-state index is 0. The van der Waals surface area contributed by atoms with E-state index < -0.39 is 0 Å². The number of hydrogen-bond acceptors (Lipinski definition) is 4. The summed E-state index contributed by atoms with van der Waals surface area (Å²) < 4.78 is 0. The molecule has 0 atom stereocenters. The third-order valence-corrected chi connectivity index (χ3v) is 0.524. The molecule has 0 saturated carbocycles. The van der Waals surface area contributed by atoms with Crippen molar-refractivity contribution in [3.8, 4) is 0 Å². The van der Waals surface area contributed by atoms with E-state index in [-0.39, 0.29) is 12.4 Å². The van der Waals surface area contributed by atoms with Gasteiger partial charge in [-0.05, 0) is 0 Å². The van der Waals surface area contributed by atoms with Crippen LogP contribution in [0.4, 0.5) is 0 Å². The van der Waals surface area contributed by atoms with Crippen molar-refractivity contribution in [2.75, 3.05) is 14.1 Å². The minimum absolute atomic E-state index is 0. The van der Waals surface area contributed by atoms with Crippen molar-refractivity contribution in [3.63, 3.8) is 0 Å². The molecule has 0 aliphatic heterocycles. The summed E-state index contributed by atoms with van der Waals surface area (Å²) in [6.07, 6.45) is 0. The van der Waals surface area contributed by atoms with Gasteiger partial charge < -0.3 is 0 Å². The average Bonchev–Trinajstić information content (AvgIpc) is 1.68. The average molecular weight is 137 g/mol. The van der Waals surface area contributed by atoms with E-state index in [1.54, 1.807) is 14.1 Å². The van der Waals surface area contributed by atoms with Crippen molar-refractivity contribution in [1.29, 1.82) is 5.41 Å². The van der Waals surface area contributed by atoms with Crippen LogP contribution >= 0.6 is 12.4 Å². The SMILES string of the molecule is CNN(C)N=C=N.Cl. The van der Waals surface area contributed by atoms with E-state index in [2.05, 4.69) is 10.5 Å². The summed E-state index contributed by atoms with van der Waals surface area (Å²) >= 11 is 0. The highest BCUT2D eigenvalue weighted by molar-refractivity contribution is 5.85. The van der Waals surface area contributed by atoms with E-state index in [9.17, 15) is 0 Å². The zero-order chi connectivity index (χ0) is 5.70. The number of hydrazone groups is 1. The van der Waals surface area contributed by atoms with Crippen molar-refractivity contribution in [1.82, 2.24) is 10.5 Å². The van der Waals surface area contributed by atoms with Crippen molar-refractivity contribution in [3.05, 3.63) is 0 Å². The molecule has 0 amide bonds. The second-order valence-corrected chi connectivity index (χ2v) is 0.959. The Morgan fingerprint density at radius 2 is 2.25 bits per heavy atom. The van der Waals surface area contributed by atoms with Gasteiger partial charge in [-0.25, -0.2) is 16.0 Å². The molecule has 0 saturated heterocycles. The van der Waals surface area contributed by atoms with E-state index in [4.69, 9.17) is 5.41 Å². The Kier molecular flexibility index (Phi) is 8.37. The Morgan fingerprint density at radius 3 is 2.38 bits per heavy atom. The molecule has 0 radical (unpaired) electrons. The molecular formula is C3H9ClN4. The lowest BCUT2D eigenvalue weighted by Crippen LogP contribution is -2.24. The first-order valence-electron chi connectivity index (χ1n) is 1.84. The molecule has 0 aromatic carbocycles. The summed E-state index contributed by atoms with van der Waals surface area (Å²) in [5.41, 5.74) is 2.65. The topological polar surface area (TPSA) is 51.5 Å². The molecule has 0 spiro atoms. The van der Waals surface area contributed by atoms with Gasteiger partial charge in [0.15, 0.2) is 0 Å². The fraction of sp³-hybridized carbons (Fsp3) is 0.667. The number of nitrogens with zero attached hydrogens (tertiary/aromatic N) is 2. The Bertz CT molecular complexity index is 87.3. The number of rotatable bonds is 2. The lowest BCUT2D eigenvalue weighted by atomic mass is 11.3. The fourth-order valence-electron chi connectivity index (χ4n) is 0.125. The Morgan fingerprint density at radius 1 is 1.75 bits per heavy atom. The second-order valence-electron chi connectivity index (χ2n) is 0.959. The van der Waals surface area contributed by atoms with Gasteiger partial charge in [-0.3, -0.25) is 0 Å². The van der Waals surface area contributed by atoms with Crippen molar-refractivity contribution >= 4 is 18.4 Å². The molecule has 5 heteroatoms. The molecule has 0 fully saturated rings. The third kappa shape index (κ3) is 5.43. The number of nitrogens with one attached hydrogen (secondary N) is 2. The quantitative estimate of drug-likeness (QED) is 0.419. The zero-order valence-electron chi connectivity index (χ0n) is 4.80. The van der Waals surface area contributed by atoms with Crippen LogP contribution < -0.4 is 5.43 Å². The van der Waals surface area contributed by atoms with Crippen LogP contribution in [0, 0.1) is 5.41 Å². The van der Waals surface area contributed by atoms with E-state index in [0.29, 0.717) is 0 Å². The molecule has 0 rings (SSSR count). The molecule has 0 bridgehead atoms. The zero-order valence-corrected chi connectivity index (χ0v) is 5.62. The summed E-state index contributed by atoms with van der Waals surface area (Å²) in [7, 11) is 3.39. The van der Waals surface area contributed by atoms with Crippen LogP contribution in [0.1, 0.15) is 0 Å². The molecule has 0 aromatic heterocycles. The van der Waals surface area contributed by atoms with Gasteiger partial charge in [0.25, 0.3) is 0 Å². The monoisotopic (exact) mass is 136 g/mol. The van der Waals surface area contributed by atoms with Gasteiger partial charge in [0.1, 0.15) is 6.01 Å². The van der Waals surface area contributed by atoms with Gasteiger partial charge in [-0.2, -0.15) is 0 Å². The maximum absolute atomic E-state index is 6.34.